The molecule has 0 saturated carbocycles. The van der Waals surface area contributed by atoms with Crippen molar-refractivity contribution in [1.82, 2.24) is 0 Å². The summed E-state index contributed by atoms with van der Waals surface area (Å²) < 4.78 is 0. The SMILES string of the molecule is CCCCCC(=O)[O-].CCCCCC(=O)[O-].CCCCCC(=O)[O-].[V]. The predicted octanol–water partition coefficient (Wildman–Crippen LogP) is 0.947. The van der Waals surface area contributed by atoms with E-state index in [-0.39, 0.29) is 37.8 Å². The summed E-state index contributed by atoms with van der Waals surface area (Å²) in [6.07, 6.45) is 9.11. The third kappa shape index (κ3) is 51.8. The molecule has 0 bridgehead atoms. The number of carboxylic acid groups (broad SMARTS) is 3. The van der Waals surface area contributed by atoms with Crippen molar-refractivity contribution in [1.29, 1.82) is 0 Å². The molecular formula is C18H33O6V-3. The van der Waals surface area contributed by atoms with E-state index < -0.39 is 17.9 Å². The number of hydrogen-bond donors (Lipinski definition) is 0. The Labute approximate surface area is 164 Å². The van der Waals surface area contributed by atoms with E-state index >= 15 is 0 Å². The number of unbranched alkanes of at least 4 members (excludes halogenated alkanes) is 6. The molecule has 149 valence electrons. The first-order valence-corrected chi connectivity index (χ1v) is 8.91. The van der Waals surface area contributed by atoms with Crippen LogP contribution in [0.25, 0.3) is 0 Å². The Morgan fingerprint density at radius 1 is 0.520 bits per heavy atom. The van der Waals surface area contributed by atoms with E-state index in [2.05, 4.69) is 0 Å². The van der Waals surface area contributed by atoms with Crippen LogP contribution in [-0.4, -0.2) is 17.9 Å². The first kappa shape index (κ1) is 31.7. The Morgan fingerprint density at radius 3 is 0.840 bits per heavy atom. The Balaban J connectivity index is -0.000000130. The standard InChI is InChI=1S/3C6H12O2.V/c3*1-2-3-4-5-6(7)8;/h3*2-5H2,1H3,(H,7,8);/p-3. The van der Waals surface area contributed by atoms with Gasteiger partial charge in [-0.25, -0.2) is 0 Å². The number of aliphatic carboxylic acids is 3. The molecule has 0 aliphatic rings. The van der Waals surface area contributed by atoms with Crippen molar-refractivity contribution in [3.05, 3.63) is 0 Å². The third-order valence-electron chi connectivity index (χ3n) is 2.95. The number of carbonyl (C=O) groups is 3. The molecule has 0 N–H and O–H groups in total. The molecule has 0 rings (SSSR count). The molecule has 0 heterocycles. The van der Waals surface area contributed by atoms with Crippen LogP contribution in [0.3, 0.4) is 0 Å². The molecule has 0 aromatic rings. The zero-order chi connectivity index (χ0) is 19.2. The number of rotatable bonds is 12. The fraction of sp³-hybridized carbons (Fsp3) is 0.833. The predicted molar refractivity (Wildman–Crippen MR) is 87.4 cm³/mol. The van der Waals surface area contributed by atoms with Crippen LogP contribution in [-0.2, 0) is 32.9 Å². The summed E-state index contributed by atoms with van der Waals surface area (Å²) in [4.78, 5) is 29.3. The second-order valence-corrected chi connectivity index (χ2v) is 5.49. The Bertz CT molecular complexity index is 260. The van der Waals surface area contributed by atoms with E-state index in [9.17, 15) is 29.7 Å². The molecule has 0 spiro atoms. The topological polar surface area (TPSA) is 120 Å². The minimum atomic E-state index is -0.932. The van der Waals surface area contributed by atoms with E-state index in [1.54, 1.807) is 0 Å². The van der Waals surface area contributed by atoms with Gasteiger partial charge in [0.1, 0.15) is 0 Å². The maximum atomic E-state index is 9.76. The zero-order valence-corrected chi connectivity index (χ0v) is 17.3. The van der Waals surface area contributed by atoms with Crippen LogP contribution >= 0.6 is 0 Å². The Hall–Kier alpha value is -1.01. The second-order valence-electron chi connectivity index (χ2n) is 5.49. The minimum absolute atomic E-state index is 0. The molecule has 1 radical (unpaired) electrons. The van der Waals surface area contributed by atoms with Gasteiger partial charge in [0.25, 0.3) is 0 Å². The van der Waals surface area contributed by atoms with E-state index in [1.165, 1.54) is 0 Å². The summed E-state index contributed by atoms with van der Waals surface area (Å²) in [5, 5.41) is 29.3. The van der Waals surface area contributed by atoms with Gasteiger partial charge in [-0.15, -0.1) is 0 Å². The van der Waals surface area contributed by atoms with E-state index in [4.69, 9.17) is 0 Å². The largest absolute Gasteiger partial charge is 0.550 e. The molecule has 0 aromatic heterocycles. The maximum absolute atomic E-state index is 9.76. The van der Waals surface area contributed by atoms with Crippen LogP contribution < -0.4 is 15.3 Å². The van der Waals surface area contributed by atoms with Gasteiger partial charge in [0.05, 0.1) is 0 Å². The molecule has 7 heteroatoms. The zero-order valence-electron chi connectivity index (χ0n) is 15.9. The molecule has 0 aromatic carbocycles. The van der Waals surface area contributed by atoms with Crippen LogP contribution in [0.2, 0.25) is 0 Å². The smallest absolute Gasteiger partial charge is 0.0414 e. The van der Waals surface area contributed by atoms with Gasteiger partial charge in [-0.3, -0.25) is 0 Å². The molecule has 0 fully saturated rings. The van der Waals surface area contributed by atoms with Crippen LogP contribution in [0, 0.1) is 0 Å². The van der Waals surface area contributed by atoms with Crippen molar-refractivity contribution in [2.24, 2.45) is 0 Å². The summed E-state index contributed by atoms with van der Waals surface area (Å²) in [6.45, 7) is 6.11. The molecule has 6 nitrogen and oxygen atoms in total. The average molecular weight is 396 g/mol. The summed E-state index contributed by atoms with van der Waals surface area (Å²) in [5.74, 6) is -2.80. The quantitative estimate of drug-likeness (QED) is 0.453. The summed E-state index contributed by atoms with van der Waals surface area (Å²) >= 11 is 0. The third-order valence-corrected chi connectivity index (χ3v) is 2.95. The fourth-order valence-corrected chi connectivity index (χ4v) is 1.56. The van der Waals surface area contributed by atoms with Gasteiger partial charge in [-0.05, 0) is 38.5 Å². The Kier molecular flexibility index (Phi) is 35.3. The molecule has 0 aliphatic carbocycles. The van der Waals surface area contributed by atoms with Crippen LogP contribution in [0.4, 0.5) is 0 Å². The summed E-state index contributed by atoms with van der Waals surface area (Å²) in [5.41, 5.74) is 0. The monoisotopic (exact) mass is 396 g/mol. The molecule has 0 unspecified atom stereocenters. The molecule has 0 atom stereocenters. The van der Waals surface area contributed by atoms with Gasteiger partial charge in [0.2, 0.25) is 0 Å². The second kappa shape index (κ2) is 27.8. The van der Waals surface area contributed by atoms with Crippen LogP contribution in [0.1, 0.15) is 97.8 Å². The normalized spacial score (nSPS) is 8.76. The molecule has 0 amide bonds. The van der Waals surface area contributed by atoms with Gasteiger partial charge in [0.15, 0.2) is 0 Å². The molecule has 0 saturated heterocycles. The van der Waals surface area contributed by atoms with Crippen molar-refractivity contribution in [2.45, 2.75) is 97.8 Å². The van der Waals surface area contributed by atoms with Gasteiger partial charge >= 0.3 is 0 Å². The first-order chi connectivity index (χ1) is 11.3. The number of carboxylic acids is 3. The molecule has 0 aliphatic heterocycles. The van der Waals surface area contributed by atoms with E-state index in [0.717, 1.165) is 57.8 Å². The number of hydrogen-bond acceptors (Lipinski definition) is 6. The summed E-state index contributed by atoms with van der Waals surface area (Å²) in [7, 11) is 0. The Morgan fingerprint density at radius 2 is 0.720 bits per heavy atom. The van der Waals surface area contributed by atoms with Crippen molar-refractivity contribution >= 4 is 17.9 Å². The van der Waals surface area contributed by atoms with Crippen molar-refractivity contribution < 1.29 is 48.3 Å². The van der Waals surface area contributed by atoms with Gasteiger partial charge in [-0.2, -0.15) is 0 Å². The fourth-order valence-electron chi connectivity index (χ4n) is 1.56. The molecule has 25 heavy (non-hydrogen) atoms. The van der Waals surface area contributed by atoms with Crippen LogP contribution in [0.5, 0.6) is 0 Å². The van der Waals surface area contributed by atoms with Gasteiger partial charge in [0, 0.05) is 36.5 Å². The van der Waals surface area contributed by atoms with Crippen molar-refractivity contribution in [3.8, 4) is 0 Å². The first-order valence-electron chi connectivity index (χ1n) is 8.91. The molecular weight excluding hydrogens is 363 g/mol. The number of carbonyl (C=O) groups excluding carboxylic acids is 3. The van der Waals surface area contributed by atoms with Crippen molar-refractivity contribution in [3.63, 3.8) is 0 Å². The van der Waals surface area contributed by atoms with Gasteiger partial charge in [-0.1, -0.05) is 59.3 Å². The average Bonchev–Trinajstić information content (AvgIpc) is 2.48. The van der Waals surface area contributed by atoms with E-state index in [1.807, 2.05) is 20.8 Å². The van der Waals surface area contributed by atoms with Gasteiger partial charge < -0.3 is 29.7 Å². The van der Waals surface area contributed by atoms with Crippen LogP contribution in [0.15, 0.2) is 0 Å². The maximum Gasteiger partial charge on any atom is 0.0414 e. The summed E-state index contributed by atoms with van der Waals surface area (Å²) in [6, 6.07) is 0. The van der Waals surface area contributed by atoms with Crippen molar-refractivity contribution in [2.75, 3.05) is 0 Å². The minimum Gasteiger partial charge on any atom is -0.550 e. The van der Waals surface area contributed by atoms with E-state index in [0.29, 0.717) is 0 Å².